The molecule has 0 saturated carbocycles. The quantitative estimate of drug-likeness (QED) is 0.625. The summed E-state index contributed by atoms with van der Waals surface area (Å²) < 4.78 is 15.3. The molecule has 2 aromatic rings. The molecule has 0 aromatic heterocycles. The Morgan fingerprint density at radius 3 is 2.00 bits per heavy atom. The standard InChI is InChI=1S/C18H18O6/c1-10(11-5-6-15(23-3)16(7-11)24-4)18(21)17-13(19)8-12(22-2)9-14(17)20/h5-9,19-20H,1H2,2-4H3. The lowest BCUT2D eigenvalue weighted by Crippen LogP contribution is -2.04. The van der Waals surface area contributed by atoms with Gasteiger partial charge in [-0.05, 0) is 17.7 Å². The molecule has 2 aromatic carbocycles. The second kappa shape index (κ2) is 6.95. The van der Waals surface area contributed by atoms with Crippen molar-refractivity contribution < 1.29 is 29.2 Å². The van der Waals surface area contributed by atoms with E-state index in [2.05, 4.69) is 6.58 Å². The normalized spacial score (nSPS) is 10.1. The summed E-state index contributed by atoms with van der Waals surface area (Å²) >= 11 is 0. The molecule has 6 nitrogen and oxygen atoms in total. The third-order valence-electron chi connectivity index (χ3n) is 3.54. The van der Waals surface area contributed by atoms with E-state index in [1.807, 2.05) is 0 Å². The van der Waals surface area contributed by atoms with E-state index in [1.54, 1.807) is 18.2 Å². The van der Waals surface area contributed by atoms with Crippen molar-refractivity contribution in [2.24, 2.45) is 0 Å². The predicted octanol–water partition coefficient (Wildman–Crippen LogP) is 3.02. The highest BCUT2D eigenvalue weighted by molar-refractivity contribution is 6.30. The second-order valence-corrected chi connectivity index (χ2v) is 4.92. The molecule has 0 fully saturated rings. The van der Waals surface area contributed by atoms with Crippen LogP contribution in [0, 0.1) is 0 Å². The molecule has 0 spiro atoms. The van der Waals surface area contributed by atoms with Crippen molar-refractivity contribution in [3.05, 3.63) is 48.0 Å². The monoisotopic (exact) mass is 330 g/mol. The molecule has 0 amide bonds. The minimum atomic E-state index is -0.611. The van der Waals surface area contributed by atoms with Crippen molar-refractivity contribution in [3.8, 4) is 28.7 Å². The van der Waals surface area contributed by atoms with E-state index in [0.29, 0.717) is 17.1 Å². The van der Waals surface area contributed by atoms with Gasteiger partial charge in [0.05, 0.1) is 21.3 Å². The summed E-state index contributed by atoms with van der Waals surface area (Å²) in [5, 5.41) is 20.0. The number of benzene rings is 2. The van der Waals surface area contributed by atoms with Crippen LogP contribution < -0.4 is 14.2 Å². The van der Waals surface area contributed by atoms with Crippen molar-refractivity contribution in [2.75, 3.05) is 21.3 Å². The van der Waals surface area contributed by atoms with Gasteiger partial charge < -0.3 is 24.4 Å². The Morgan fingerprint density at radius 1 is 0.917 bits per heavy atom. The van der Waals surface area contributed by atoms with Gasteiger partial charge in [0, 0.05) is 17.7 Å². The van der Waals surface area contributed by atoms with Gasteiger partial charge in [-0.1, -0.05) is 12.6 Å². The second-order valence-electron chi connectivity index (χ2n) is 4.92. The van der Waals surface area contributed by atoms with E-state index in [9.17, 15) is 15.0 Å². The Kier molecular flexibility index (Phi) is 4.99. The van der Waals surface area contributed by atoms with E-state index in [0.717, 1.165) is 0 Å². The van der Waals surface area contributed by atoms with Gasteiger partial charge in [0.25, 0.3) is 0 Å². The lowest BCUT2D eigenvalue weighted by Gasteiger charge is -2.13. The summed E-state index contributed by atoms with van der Waals surface area (Å²) in [5.74, 6) is -0.209. The molecule has 24 heavy (non-hydrogen) atoms. The van der Waals surface area contributed by atoms with Crippen LogP contribution in [-0.2, 0) is 0 Å². The number of hydrogen-bond acceptors (Lipinski definition) is 6. The Balaban J connectivity index is 2.42. The maximum Gasteiger partial charge on any atom is 0.200 e. The number of rotatable bonds is 6. The molecule has 0 unspecified atom stereocenters. The van der Waals surface area contributed by atoms with Crippen molar-refractivity contribution in [1.82, 2.24) is 0 Å². The first-order valence-electron chi connectivity index (χ1n) is 6.98. The van der Waals surface area contributed by atoms with Crippen LogP contribution in [0.25, 0.3) is 5.57 Å². The van der Waals surface area contributed by atoms with Crippen LogP contribution in [0.15, 0.2) is 36.9 Å². The number of carbonyl (C=O) groups is 1. The van der Waals surface area contributed by atoms with Gasteiger partial charge in [0.2, 0.25) is 5.78 Å². The molecule has 0 aliphatic heterocycles. The Bertz CT molecular complexity index is 771. The van der Waals surface area contributed by atoms with E-state index < -0.39 is 17.3 Å². The van der Waals surface area contributed by atoms with Crippen molar-refractivity contribution >= 4 is 11.4 Å². The summed E-state index contributed by atoms with van der Waals surface area (Å²) in [6, 6.07) is 7.36. The Morgan fingerprint density at radius 2 is 1.50 bits per heavy atom. The van der Waals surface area contributed by atoms with Crippen LogP contribution in [0.2, 0.25) is 0 Å². The van der Waals surface area contributed by atoms with E-state index in [1.165, 1.54) is 33.5 Å². The van der Waals surface area contributed by atoms with Gasteiger partial charge in [-0.3, -0.25) is 4.79 Å². The van der Waals surface area contributed by atoms with Crippen molar-refractivity contribution in [3.63, 3.8) is 0 Å². The first-order valence-corrected chi connectivity index (χ1v) is 6.98. The number of carbonyl (C=O) groups excluding carboxylic acids is 1. The maximum absolute atomic E-state index is 12.6. The Labute approximate surface area is 139 Å². The topological polar surface area (TPSA) is 85.2 Å². The number of phenols is 2. The first-order chi connectivity index (χ1) is 11.4. The smallest absolute Gasteiger partial charge is 0.200 e. The lowest BCUT2D eigenvalue weighted by molar-refractivity contribution is 0.105. The zero-order chi connectivity index (χ0) is 17.9. The number of aromatic hydroxyl groups is 2. The summed E-state index contributed by atoms with van der Waals surface area (Å²) in [6.45, 7) is 3.76. The van der Waals surface area contributed by atoms with Gasteiger partial charge in [-0.25, -0.2) is 0 Å². The van der Waals surface area contributed by atoms with Crippen LogP contribution in [-0.4, -0.2) is 37.3 Å². The first kappa shape index (κ1) is 17.2. The number of ketones is 1. The molecule has 126 valence electrons. The highest BCUT2D eigenvalue weighted by atomic mass is 16.5. The number of Topliss-reactive ketones (excluding diaryl/α,β-unsaturated/α-hetero) is 1. The highest BCUT2D eigenvalue weighted by Crippen LogP contribution is 2.37. The molecule has 2 N–H and O–H groups in total. The fourth-order valence-electron chi connectivity index (χ4n) is 2.24. The zero-order valence-corrected chi connectivity index (χ0v) is 13.6. The summed E-state index contributed by atoms with van der Waals surface area (Å²) in [7, 11) is 4.37. The number of ether oxygens (including phenoxy) is 3. The minimum absolute atomic E-state index is 0.0896. The van der Waals surface area contributed by atoms with Gasteiger partial charge in [0.15, 0.2) is 11.5 Å². The number of methoxy groups -OCH3 is 3. The lowest BCUT2D eigenvalue weighted by atomic mass is 9.96. The average molecular weight is 330 g/mol. The number of hydrogen-bond donors (Lipinski definition) is 2. The van der Waals surface area contributed by atoms with Crippen LogP contribution in [0.5, 0.6) is 28.7 Å². The molecular formula is C18H18O6. The van der Waals surface area contributed by atoms with Crippen LogP contribution in [0.3, 0.4) is 0 Å². The van der Waals surface area contributed by atoms with Crippen LogP contribution in [0.4, 0.5) is 0 Å². The highest BCUT2D eigenvalue weighted by Gasteiger charge is 2.22. The van der Waals surface area contributed by atoms with Crippen LogP contribution >= 0.6 is 0 Å². The zero-order valence-electron chi connectivity index (χ0n) is 13.6. The van der Waals surface area contributed by atoms with E-state index in [-0.39, 0.29) is 16.9 Å². The number of phenolic OH excluding ortho intramolecular Hbond substituents is 2. The van der Waals surface area contributed by atoms with E-state index >= 15 is 0 Å². The molecule has 6 heteroatoms. The average Bonchev–Trinajstić information content (AvgIpc) is 2.59. The minimum Gasteiger partial charge on any atom is -0.507 e. The molecule has 0 heterocycles. The summed E-state index contributed by atoms with van der Waals surface area (Å²) in [5.41, 5.74) is 0.328. The van der Waals surface area contributed by atoms with Crippen molar-refractivity contribution in [1.29, 1.82) is 0 Å². The third-order valence-corrected chi connectivity index (χ3v) is 3.54. The van der Waals surface area contributed by atoms with Crippen LogP contribution in [0.1, 0.15) is 15.9 Å². The molecule has 0 aliphatic rings. The van der Waals surface area contributed by atoms with Gasteiger partial charge in [0.1, 0.15) is 22.8 Å². The molecule has 2 rings (SSSR count). The molecule has 0 saturated heterocycles. The van der Waals surface area contributed by atoms with Gasteiger partial charge >= 0.3 is 0 Å². The fraction of sp³-hybridized carbons (Fsp3) is 0.167. The fourth-order valence-corrected chi connectivity index (χ4v) is 2.24. The summed E-state index contributed by atoms with van der Waals surface area (Å²) in [4.78, 5) is 12.6. The van der Waals surface area contributed by atoms with E-state index in [4.69, 9.17) is 14.2 Å². The molecular weight excluding hydrogens is 312 g/mol. The molecule has 0 radical (unpaired) electrons. The van der Waals surface area contributed by atoms with Gasteiger partial charge in [-0.2, -0.15) is 0 Å². The molecule has 0 atom stereocenters. The molecule has 0 aliphatic carbocycles. The van der Waals surface area contributed by atoms with Crippen molar-refractivity contribution in [2.45, 2.75) is 0 Å². The number of allylic oxidation sites excluding steroid dienone is 1. The van der Waals surface area contributed by atoms with Gasteiger partial charge in [-0.15, -0.1) is 0 Å². The summed E-state index contributed by atoms with van der Waals surface area (Å²) in [6.07, 6.45) is 0. The predicted molar refractivity (Wildman–Crippen MR) is 89.2 cm³/mol. The third kappa shape index (κ3) is 3.12. The largest absolute Gasteiger partial charge is 0.507 e. The molecule has 0 bridgehead atoms. The maximum atomic E-state index is 12.6. The Hall–Kier alpha value is -3.15. The SMILES string of the molecule is C=C(C(=O)c1c(O)cc(OC)cc1O)c1ccc(OC)c(OC)c1.